The second-order valence-corrected chi connectivity index (χ2v) is 7.16. The van der Waals surface area contributed by atoms with Gasteiger partial charge < -0.3 is 10.1 Å². The lowest BCUT2D eigenvalue weighted by Crippen LogP contribution is -2.30. The van der Waals surface area contributed by atoms with E-state index in [0.29, 0.717) is 6.10 Å². The van der Waals surface area contributed by atoms with Gasteiger partial charge in [0.2, 0.25) is 0 Å². The van der Waals surface area contributed by atoms with Crippen LogP contribution in [0.3, 0.4) is 0 Å². The number of rotatable bonds is 5. The van der Waals surface area contributed by atoms with E-state index in [1.807, 2.05) is 0 Å². The molecule has 0 spiro atoms. The highest BCUT2D eigenvalue weighted by atomic mass is 16.5. The predicted molar refractivity (Wildman–Crippen MR) is 76.8 cm³/mol. The van der Waals surface area contributed by atoms with E-state index in [0.717, 1.165) is 18.4 Å². The molecule has 1 N–H and O–H groups in total. The molecule has 0 amide bonds. The van der Waals surface area contributed by atoms with Crippen molar-refractivity contribution < 1.29 is 4.74 Å². The van der Waals surface area contributed by atoms with Crippen molar-refractivity contribution in [2.24, 2.45) is 11.8 Å². The van der Waals surface area contributed by atoms with E-state index in [-0.39, 0.29) is 5.60 Å². The molecular formula is C16H31NO. The molecule has 2 fully saturated rings. The average Bonchev–Trinajstić information content (AvgIpc) is 2.67. The highest BCUT2D eigenvalue weighted by Crippen LogP contribution is 2.30. The van der Waals surface area contributed by atoms with Gasteiger partial charge in [0.15, 0.2) is 0 Å². The molecule has 0 bridgehead atoms. The normalized spacial score (nSPS) is 35.8. The molecule has 1 aliphatic carbocycles. The van der Waals surface area contributed by atoms with Gasteiger partial charge in [-0.15, -0.1) is 0 Å². The van der Waals surface area contributed by atoms with Gasteiger partial charge >= 0.3 is 0 Å². The van der Waals surface area contributed by atoms with Crippen LogP contribution in [0.15, 0.2) is 0 Å². The lowest BCUT2D eigenvalue weighted by atomic mass is 9.81. The van der Waals surface area contributed by atoms with E-state index in [9.17, 15) is 0 Å². The molecule has 0 aromatic heterocycles. The molecule has 1 heterocycles. The molecule has 2 heteroatoms. The third-order valence-corrected chi connectivity index (χ3v) is 4.79. The fourth-order valence-electron chi connectivity index (χ4n) is 3.41. The summed E-state index contributed by atoms with van der Waals surface area (Å²) in [6.07, 6.45) is 10.1. The molecule has 1 atom stereocenters. The van der Waals surface area contributed by atoms with Crippen molar-refractivity contribution >= 4 is 0 Å². The monoisotopic (exact) mass is 253 g/mol. The molecule has 1 saturated carbocycles. The SMILES string of the molecule is CC1CCC(CCNCC2CCC(C)(C)O2)CC1. The van der Waals surface area contributed by atoms with Gasteiger partial charge in [0.25, 0.3) is 0 Å². The van der Waals surface area contributed by atoms with Crippen LogP contribution in [0, 0.1) is 11.8 Å². The van der Waals surface area contributed by atoms with Gasteiger partial charge in [-0.2, -0.15) is 0 Å². The van der Waals surface area contributed by atoms with Crippen LogP contribution >= 0.6 is 0 Å². The first-order chi connectivity index (χ1) is 8.55. The summed E-state index contributed by atoms with van der Waals surface area (Å²) >= 11 is 0. The Morgan fingerprint density at radius 2 is 1.83 bits per heavy atom. The van der Waals surface area contributed by atoms with Gasteiger partial charge in [-0.05, 0) is 51.5 Å². The van der Waals surface area contributed by atoms with E-state index < -0.39 is 0 Å². The fraction of sp³-hybridized carbons (Fsp3) is 1.00. The second kappa shape index (κ2) is 6.38. The Balaban J connectivity index is 1.51. The summed E-state index contributed by atoms with van der Waals surface area (Å²) in [5.41, 5.74) is 0.117. The first kappa shape index (κ1) is 14.3. The van der Waals surface area contributed by atoms with E-state index in [1.165, 1.54) is 51.5 Å². The van der Waals surface area contributed by atoms with Crippen LogP contribution < -0.4 is 5.32 Å². The highest BCUT2D eigenvalue weighted by molar-refractivity contribution is 4.82. The standard InChI is InChI=1S/C16H31NO/c1-13-4-6-14(7-5-13)9-11-17-12-15-8-10-16(2,3)18-15/h13-15,17H,4-12H2,1-3H3. The van der Waals surface area contributed by atoms with E-state index in [1.54, 1.807) is 0 Å². The minimum absolute atomic E-state index is 0.117. The predicted octanol–water partition coefficient (Wildman–Crippen LogP) is 3.75. The summed E-state index contributed by atoms with van der Waals surface area (Å²) in [6.45, 7) is 9.03. The Morgan fingerprint density at radius 3 is 2.44 bits per heavy atom. The summed E-state index contributed by atoms with van der Waals surface area (Å²) in [5, 5.41) is 3.60. The molecule has 1 saturated heterocycles. The Bertz CT molecular complexity index is 243. The molecule has 0 aromatic rings. The molecule has 2 rings (SSSR count). The Labute approximate surface area is 113 Å². The average molecular weight is 253 g/mol. The topological polar surface area (TPSA) is 21.3 Å². The summed E-state index contributed by atoms with van der Waals surface area (Å²) in [5.74, 6) is 1.96. The van der Waals surface area contributed by atoms with Crippen molar-refractivity contribution in [3.63, 3.8) is 0 Å². The Hall–Kier alpha value is -0.0800. The van der Waals surface area contributed by atoms with Crippen molar-refractivity contribution in [1.82, 2.24) is 5.32 Å². The zero-order chi connectivity index (χ0) is 13.0. The zero-order valence-electron chi connectivity index (χ0n) is 12.5. The van der Waals surface area contributed by atoms with Crippen molar-refractivity contribution in [3.8, 4) is 0 Å². The molecular weight excluding hydrogens is 222 g/mol. The summed E-state index contributed by atoms with van der Waals surface area (Å²) in [4.78, 5) is 0. The zero-order valence-corrected chi connectivity index (χ0v) is 12.5. The molecule has 18 heavy (non-hydrogen) atoms. The molecule has 2 aliphatic rings. The van der Waals surface area contributed by atoms with Gasteiger partial charge in [0, 0.05) is 6.54 Å². The maximum absolute atomic E-state index is 5.99. The van der Waals surface area contributed by atoms with Crippen LogP contribution in [0.1, 0.15) is 65.7 Å². The van der Waals surface area contributed by atoms with E-state index in [4.69, 9.17) is 4.74 Å². The molecule has 2 nitrogen and oxygen atoms in total. The largest absolute Gasteiger partial charge is 0.371 e. The maximum atomic E-state index is 5.99. The van der Waals surface area contributed by atoms with Crippen molar-refractivity contribution in [2.45, 2.75) is 77.4 Å². The van der Waals surface area contributed by atoms with Crippen LogP contribution in [0.5, 0.6) is 0 Å². The Morgan fingerprint density at radius 1 is 1.11 bits per heavy atom. The first-order valence-electron chi connectivity index (χ1n) is 7.94. The van der Waals surface area contributed by atoms with E-state index >= 15 is 0 Å². The van der Waals surface area contributed by atoms with Crippen molar-refractivity contribution in [2.75, 3.05) is 13.1 Å². The maximum Gasteiger partial charge on any atom is 0.0707 e. The molecule has 0 aromatic carbocycles. The molecule has 1 unspecified atom stereocenters. The van der Waals surface area contributed by atoms with Crippen LogP contribution in [0.2, 0.25) is 0 Å². The molecule has 1 aliphatic heterocycles. The lowest BCUT2D eigenvalue weighted by Gasteiger charge is -2.26. The number of ether oxygens (including phenoxy) is 1. The first-order valence-corrected chi connectivity index (χ1v) is 7.94. The Kier molecular flexibility index (Phi) is 5.08. The smallest absolute Gasteiger partial charge is 0.0707 e. The van der Waals surface area contributed by atoms with Crippen LogP contribution in [0.25, 0.3) is 0 Å². The van der Waals surface area contributed by atoms with Gasteiger partial charge in [-0.3, -0.25) is 0 Å². The van der Waals surface area contributed by atoms with E-state index in [2.05, 4.69) is 26.1 Å². The van der Waals surface area contributed by atoms with Crippen LogP contribution in [0.4, 0.5) is 0 Å². The van der Waals surface area contributed by atoms with Crippen molar-refractivity contribution in [1.29, 1.82) is 0 Å². The van der Waals surface area contributed by atoms with Gasteiger partial charge in [-0.1, -0.05) is 32.6 Å². The highest BCUT2D eigenvalue weighted by Gasteiger charge is 2.31. The van der Waals surface area contributed by atoms with Gasteiger partial charge in [-0.25, -0.2) is 0 Å². The van der Waals surface area contributed by atoms with Crippen molar-refractivity contribution in [3.05, 3.63) is 0 Å². The quantitative estimate of drug-likeness (QED) is 0.753. The summed E-state index contributed by atoms with van der Waals surface area (Å²) < 4.78 is 5.99. The minimum Gasteiger partial charge on any atom is -0.371 e. The summed E-state index contributed by atoms with van der Waals surface area (Å²) in [6, 6.07) is 0. The van der Waals surface area contributed by atoms with Crippen LogP contribution in [-0.2, 0) is 4.74 Å². The fourth-order valence-corrected chi connectivity index (χ4v) is 3.41. The number of hydrogen-bond donors (Lipinski definition) is 1. The summed E-state index contributed by atoms with van der Waals surface area (Å²) in [7, 11) is 0. The number of nitrogens with one attached hydrogen (secondary N) is 1. The number of hydrogen-bond acceptors (Lipinski definition) is 2. The molecule has 0 radical (unpaired) electrons. The van der Waals surface area contributed by atoms with Gasteiger partial charge in [0.05, 0.1) is 11.7 Å². The molecule has 106 valence electrons. The van der Waals surface area contributed by atoms with Gasteiger partial charge in [0.1, 0.15) is 0 Å². The third-order valence-electron chi connectivity index (χ3n) is 4.79. The second-order valence-electron chi connectivity index (χ2n) is 7.16. The minimum atomic E-state index is 0.117. The lowest BCUT2D eigenvalue weighted by molar-refractivity contribution is -0.0142. The third kappa shape index (κ3) is 4.55. The van der Waals surface area contributed by atoms with Crippen LogP contribution in [-0.4, -0.2) is 24.8 Å².